The van der Waals surface area contributed by atoms with Crippen LogP contribution < -0.4 is 5.73 Å². The molecule has 0 aromatic carbocycles. The molecular formula is C18H33N2O2+. The minimum absolute atomic E-state index is 0.195. The molecule has 4 nitrogen and oxygen atoms in total. The van der Waals surface area contributed by atoms with Crippen molar-refractivity contribution in [3.05, 3.63) is 0 Å². The number of quaternary nitrogens is 1. The third kappa shape index (κ3) is 3.65. The zero-order chi connectivity index (χ0) is 15.6. The summed E-state index contributed by atoms with van der Waals surface area (Å²) in [6.07, 6.45) is 12.1. The van der Waals surface area contributed by atoms with Gasteiger partial charge in [-0.15, -0.1) is 0 Å². The van der Waals surface area contributed by atoms with Crippen LogP contribution in [0.15, 0.2) is 0 Å². The van der Waals surface area contributed by atoms with Gasteiger partial charge < -0.3 is 15.3 Å². The fraction of sp³-hybridized carbons (Fsp3) is 0.944. The van der Waals surface area contributed by atoms with E-state index in [1.54, 1.807) is 0 Å². The first-order valence-corrected chi connectivity index (χ1v) is 9.40. The minimum Gasteiger partial charge on any atom is -0.481 e. The highest BCUT2D eigenvalue weighted by Gasteiger charge is 2.46. The number of piperidine rings is 1. The van der Waals surface area contributed by atoms with E-state index in [0.29, 0.717) is 6.42 Å². The maximum Gasteiger partial charge on any atom is 0.303 e. The highest BCUT2D eigenvalue weighted by atomic mass is 16.4. The van der Waals surface area contributed by atoms with Crippen LogP contribution >= 0.6 is 0 Å². The Hall–Kier alpha value is -0.610. The van der Waals surface area contributed by atoms with Crippen LogP contribution in [0.2, 0.25) is 0 Å². The van der Waals surface area contributed by atoms with Crippen molar-refractivity contribution in [2.45, 2.75) is 76.3 Å². The maximum absolute atomic E-state index is 11.2. The maximum atomic E-state index is 11.2. The van der Waals surface area contributed by atoms with E-state index >= 15 is 0 Å². The van der Waals surface area contributed by atoms with E-state index in [2.05, 4.69) is 0 Å². The summed E-state index contributed by atoms with van der Waals surface area (Å²) >= 11 is 0. The van der Waals surface area contributed by atoms with Crippen LogP contribution in [0.5, 0.6) is 0 Å². The zero-order valence-corrected chi connectivity index (χ0v) is 13.9. The molecule has 0 amide bonds. The number of carboxylic acids is 1. The van der Waals surface area contributed by atoms with Crippen molar-refractivity contribution in [2.24, 2.45) is 17.6 Å². The standard InChI is InChI=1S/C18H32N2O2/c19-16-9-15(10-18(21)22)12-20(13-16,11-14-5-4-6-14)17-7-2-1-3-8-17/h14-17H,1-13,19H2/p+1. The summed E-state index contributed by atoms with van der Waals surface area (Å²) in [5, 5.41) is 9.22. The van der Waals surface area contributed by atoms with Gasteiger partial charge >= 0.3 is 5.97 Å². The molecule has 3 atom stereocenters. The molecule has 1 aliphatic heterocycles. The highest BCUT2D eigenvalue weighted by molar-refractivity contribution is 5.67. The van der Waals surface area contributed by atoms with Gasteiger partial charge in [0.1, 0.15) is 0 Å². The fourth-order valence-corrected chi connectivity index (χ4v) is 5.44. The van der Waals surface area contributed by atoms with Crippen molar-refractivity contribution in [1.29, 1.82) is 0 Å². The van der Waals surface area contributed by atoms with E-state index in [0.717, 1.165) is 36.0 Å². The molecule has 1 heterocycles. The first-order chi connectivity index (χ1) is 10.6. The third-order valence-corrected chi connectivity index (χ3v) is 6.52. The van der Waals surface area contributed by atoms with E-state index in [1.165, 1.54) is 57.9 Å². The Bertz CT molecular complexity index is 391. The van der Waals surface area contributed by atoms with Crippen LogP contribution in [-0.4, -0.2) is 47.3 Å². The van der Waals surface area contributed by atoms with Crippen LogP contribution in [-0.2, 0) is 4.79 Å². The summed E-state index contributed by atoms with van der Waals surface area (Å²) in [5.74, 6) is 0.505. The molecule has 2 saturated carbocycles. The van der Waals surface area contributed by atoms with Crippen LogP contribution in [0.3, 0.4) is 0 Å². The topological polar surface area (TPSA) is 63.3 Å². The monoisotopic (exact) mass is 309 g/mol. The molecule has 0 aromatic heterocycles. The van der Waals surface area contributed by atoms with Gasteiger partial charge in [-0.2, -0.15) is 0 Å². The van der Waals surface area contributed by atoms with Gasteiger partial charge in [-0.1, -0.05) is 12.8 Å². The van der Waals surface area contributed by atoms with E-state index < -0.39 is 5.97 Å². The van der Waals surface area contributed by atoms with E-state index in [9.17, 15) is 9.90 Å². The van der Waals surface area contributed by atoms with Gasteiger partial charge in [0.15, 0.2) is 0 Å². The first-order valence-electron chi connectivity index (χ1n) is 9.40. The molecule has 1 saturated heterocycles. The second-order valence-electron chi connectivity index (χ2n) is 8.31. The van der Waals surface area contributed by atoms with Crippen molar-refractivity contribution in [2.75, 3.05) is 19.6 Å². The van der Waals surface area contributed by atoms with E-state index in [1.807, 2.05) is 0 Å². The summed E-state index contributed by atoms with van der Waals surface area (Å²) in [7, 11) is 0. The highest BCUT2D eigenvalue weighted by Crippen LogP contribution is 2.39. The summed E-state index contributed by atoms with van der Waals surface area (Å²) in [6.45, 7) is 3.44. The molecule has 3 unspecified atom stereocenters. The molecular weight excluding hydrogens is 276 g/mol. The Morgan fingerprint density at radius 3 is 2.32 bits per heavy atom. The molecule has 0 spiro atoms. The number of hydrogen-bond acceptors (Lipinski definition) is 2. The first kappa shape index (κ1) is 16.3. The number of nitrogens with two attached hydrogens (primary N) is 1. The number of carbonyl (C=O) groups is 1. The molecule has 3 N–H and O–H groups in total. The Morgan fingerprint density at radius 2 is 1.73 bits per heavy atom. The predicted octanol–water partition coefficient (Wildman–Crippen LogP) is 2.76. The second kappa shape index (κ2) is 6.88. The molecule has 2 aliphatic carbocycles. The normalized spacial score (nSPS) is 37.7. The van der Waals surface area contributed by atoms with Gasteiger partial charge in [0.25, 0.3) is 0 Å². The van der Waals surface area contributed by atoms with Crippen LogP contribution in [0, 0.1) is 11.8 Å². The van der Waals surface area contributed by atoms with Gasteiger partial charge in [-0.25, -0.2) is 0 Å². The Morgan fingerprint density at radius 1 is 1.00 bits per heavy atom. The number of nitrogens with zero attached hydrogens (tertiary/aromatic N) is 1. The summed E-state index contributed by atoms with van der Waals surface area (Å²) in [5.41, 5.74) is 6.41. The lowest BCUT2D eigenvalue weighted by Gasteiger charge is -2.54. The number of aliphatic carboxylic acids is 1. The van der Waals surface area contributed by atoms with E-state index in [4.69, 9.17) is 5.73 Å². The molecule has 22 heavy (non-hydrogen) atoms. The largest absolute Gasteiger partial charge is 0.481 e. The SMILES string of the molecule is NC1CC(CC(=O)O)C[N+](CC2CCC2)(C2CCCCC2)C1. The van der Waals surface area contributed by atoms with Crippen molar-refractivity contribution >= 4 is 5.97 Å². The lowest BCUT2D eigenvalue weighted by molar-refractivity contribution is -0.963. The van der Waals surface area contributed by atoms with Crippen molar-refractivity contribution in [3.63, 3.8) is 0 Å². The molecule has 3 aliphatic rings. The lowest BCUT2D eigenvalue weighted by atomic mass is 9.79. The lowest BCUT2D eigenvalue weighted by Crippen LogP contribution is -2.67. The summed E-state index contributed by atoms with van der Waals surface area (Å²) in [6, 6.07) is 0.942. The second-order valence-corrected chi connectivity index (χ2v) is 8.31. The Labute approximate surface area is 134 Å². The average molecular weight is 309 g/mol. The fourth-order valence-electron chi connectivity index (χ4n) is 5.44. The smallest absolute Gasteiger partial charge is 0.303 e. The van der Waals surface area contributed by atoms with Gasteiger partial charge in [0, 0.05) is 11.8 Å². The minimum atomic E-state index is -0.649. The van der Waals surface area contributed by atoms with Gasteiger partial charge in [-0.3, -0.25) is 4.79 Å². The third-order valence-electron chi connectivity index (χ3n) is 6.52. The number of carboxylic acid groups (broad SMARTS) is 1. The van der Waals surface area contributed by atoms with Crippen LogP contribution in [0.4, 0.5) is 0 Å². The quantitative estimate of drug-likeness (QED) is 0.768. The van der Waals surface area contributed by atoms with E-state index in [-0.39, 0.29) is 12.0 Å². The molecule has 3 rings (SSSR count). The van der Waals surface area contributed by atoms with Crippen molar-refractivity contribution in [3.8, 4) is 0 Å². The number of hydrogen-bond donors (Lipinski definition) is 2. The molecule has 0 aromatic rings. The summed E-state index contributed by atoms with van der Waals surface area (Å²) < 4.78 is 1.16. The zero-order valence-electron chi connectivity index (χ0n) is 13.9. The van der Waals surface area contributed by atoms with Gasteiger partial charge in [0.2, 0.25) is 0 Å². The molecule has 4 heteroatoms. The average Bonchev–Trinajstić information content (AvgIpc) is 2.43. The summed E-state index contributed by atoms with van der Waals surface area (Å²) in [4.78, 5) is 11.2. The Kier molecular flexibility index (Phi) is 5.08. The Balaban J connectivity index is 1.77. The van der Waals surface area contributed by atoms with Gasteiger partial charge in [-0.05, 0) is 44.9 Å². The molecule has 0 radical (unpaired) electrons. The molecule has 3 fully saturated rings. The van der Waals surface area contributed by atoms with Crippen LogP contribution in [0.25, 0.3) is 0 Å². The van der Waals surface area contributed by atoms with Gasteiger partial charge in [0.05, 0.1) is 38.1 Å². The van der Waals surface area contributed by atoms with Crippen LogP contribution in [0.1, 0.15) is 64.2 Å². The number of rotatable bonds is 5. The molecule has 0 bridgehead atoms. The molecule has 126 valence electrons. The predicted molar refractivity (Wildman–Crippen MR) is 87.4 cm³/mol. The van der Waals surface area contributed by atoms with Crippen molar-refractivity contribution < 1.29 is 14.4 Å². The number of likely N-dealkylation sites (tertiary alicyclic amines) is 1. The van der Waals surface area contributed by atoms with Crippen molar-refractivity contribution in [1.82, 2.24) is 0 Å².